The van der Waals surface area contributed by atoms with E-state index in [0.29, 0.717) is 5.41 Å². The van der Waals surface area contributed by atoms with Crippen LogP contribution in [0.4, 0.5) is 0 Å². The van der Waals surface area contributed by atoms with Gasteiger partial charge in [-0.05, 0) is 37.5 Å². The molecule has 0 unspecified atom stereocenters. The average molecular weight is 505 g/mol. The fourth-order valence-corrected chi connectivity index (χ4v) is 6.16. The van der Waals surface area contributed by atoms with Gasteiger partial charge in [0.2, 0.25) is 0 Å². The van der Waals surface area contributed by atoms with Crippen LogP contribution in [0.15, 0.2) is 0 Å². The van der Waals surface area contributed by atoms with E-state index in [2.05, 4.69) is 20.8 Å². The molecular weight excluding hydrogens is 435 g/mol. The van der Waals surface area contributed by atoms with Crippen molar-refractivity contribution in [2.45, 2.75) is 207 Å². The Balaban J connectivity index is 4.72. The number of hydrogen-bond acceptors (Lipinski definition) is 1. The Morgan fingerprint density at radius 2 is 0.611 bits per heavy atom. The molecule has 0 atom stereocenters. The molecule has 0 aromatic heterocycles. The van der Waals surface area contributed by atoms with Crippen LogP contribution in [0.2, 0.25) is 0 Å². The Morgan fingerprint density at radius 1 is 0.361 bits per heavy atom. The van der Waals surface area contributed by atoms with E-state index in [9.17, 15) is 0 Å². The molecular formula is C34H69BO. The molecule has 36 heavy (non-hydrogen) atoms. The maximum Gasteiger partial charge on any atom is 0.282 e. The summed E-state index contributed by atoms with van der Waals surface area (Å²) >= 11 is 0. The third kappa shape index (κ3) is 24.4. The second kappa shape index (κ2) is 29.6. The Labute approximate surface area is 231 Å². The second-order valence-electron chi connectivity index (χ2n) is 12.1. The molecule has 214 valence electrons. The molecule has 0 aromatic rings. The van der Waals surface area contributed by atoms with Gasteiger partial charge in [0, 0.05) is 6.61 Å². The van der Waals surface area contributed by atoms with Crippen LogP contribution in [0.5, 0.6) is 0 Å². The smallest absolute Gasteiger partial charge is 0.282 e. The molecule has 0 aromatic carbocycles. The van der Waals surface area contributed by atoms with Crippen molar-refractivity contribution in [3.8, 4) is 0 Å². The van der Waals surface area contributed by atoms with Crippen LogP contribution in [-0.4, -0.2) is 14.7 Å². The van der Waals surface area contributed by atoms with Crippen molar-refractivity contribution in [3.63, 3.8) is 0 Å². The van der Waals surface area contributed by atoms with Crippen LogP contribution in [0, 0.1) is 5.41 Å². The molecule has 2 radical (unpaired) electrons. The van der Waals surface area contributed by atoms with Gasteiger partial charge in [0.25, 0.3) is 8.05 Å². The Morgan fingerprint density at radius 3 is 0.889 bits per heavy atom. The summed E-state index contributed by atoms with van der Waals surface area (Å²) in [5, 5.41) is 0. The van der Waals surface area contributed by atoms with Crippen LogP contribution >= 0.6 is 0 Å². The summed E-state index contributed by atoms with van der Waals surface area (Å²) < 4.78 is 4.70. The van der Waals surface area contributed by atoms with Gasteiger partial charge in [0.15, 0.2) is 0 Å². The second-order valence-corrected chi connectivity index (χ2v) is 12.1. The Hall–Kier alpha value is 0.0249. The lowest BCUT2D eigenvalue weighted by Gasteiger charge is -2.35. The summed E-state index contributed by atoms with van der Waals surface area (Å²) in [6.07, 6.45) is 41.5. The summed E-state index contributed by atoms with van der Waals surface area (Å²) in [6.45, 7) is 7.72. The lowest BCUT2D eigenvalue weighted by Crippen LogP contribution is -2.21. The minimum Gasteiger partial charge on any atom is -0.448 e. The van der Waals surface area contributed by atoms with Gasteiger partial charge < -0.3 is 4.65 Å². The average Bonchev–Trinajstić information content (AvgIpc) is 2.89. The maximum absolute atomic E-state index is 5.14. The number of rotatable bonds is 31. The molecule has 0 saturated heterocycles. The van der Waals surface area contributed by atoms with Gasteiger partial charge in [-0.2, -0.15) is 0 Å². The standard InChI is InChI=1S/C34H69BO/c1-4-7-10-13-19-24-29-34(30-25-20-14-11-8-5-2,31-26-21-15-12-9-6-3)32-27-22-17-16-18-23-28-33-36-35/h4-33H2,1-3H3. The summed E-state index contributed by atoms with van der Waals surface area (Å²) in [5.74, 6) is 0. The van der Waals surface area contributed by atoms with Crippen LogP contribution in [0.3, 0.4) is 0 Å². The minimum absolute atomic E-state index is 0.652. The summed E-state index contributed by atoms with van der Waals surface area (Å²) in [5.41, 5.74) is 0.652. The first-order chi connectivity index (χ1) is 17.7. The van der Waals surface area contributed by atoms with E-state index in [4.69, 9.17) is 12.7 Å². The van der Waals surface area contributed by atoms with E-state index < -0.39 is 0 Å². The predicted molar refractivity (Wildman–Crippen MR) is 165 cm³/mol. The van der Waals surface area contributed by atoms with Crippen molar-refractivity contribution in [1.82, 2.24) is 0 Å². The molecule has 0 aliphatic rings. The van der Waals surface area contributed by atoms with E-state index in [1.54, 1.807) is 0 Å². The van der Waals surface area contributed by atoms with Crippen LogP contribution in [-0.2, 0) is 4.65 Å². The lowest BCUT2D eigenvalue weighted by atomic mass is 9.70. The minimum atomic E-state index is 0.652. The largest absolute Gasteiger partial charge is 0.448 e. The maximum atomic E-state index is 5.14. The lowest BCUT2D eigenvalue weighted by molar-refractivity contribution is 0.171. The van der Waals surface area contributed by atoms with Crippen molar-refractivity contribution in [2.75, 3.05) is 6.61 Å². The third-order valence-electron chi connectivity index (χ3n) is 8.65. The zero-order chi connectivity index (χ0) is 26.4. The molecule has 0 fully saturated rings. The first-order valence-corrected chi connectivity index (χ1v) is 17.1. The first kappa shape index (κ1) is 36.0. The molecule has 2 heteroatoms. The van der Waals surface area contributed by atoms with E-state index in [1.807, 2.05) is 0 Å². The van der Waals surface area contributed by atoms with Crippen molar-refractivity contribution in [3.05, 3.63) is 0 Å². The number of hydrogen-bond donors (Lipinski definition) is 0. The van der Waals surface area contributed by atoms with Crippen LogP contribution in [0.1, 0.15) is 207 Å². The summed E-state index contributed by atoms with van der Waals surface area (Å²) in [4.78, 5) is 0. The van der Waals surface area contributed by atoms with E-state index in [0.717, 1.165) is 13.0 Å². The molecule has 0 N–H and O–H groups in total. The first-order valence-electron chi connectivity index (χ1n) is 17.1. The van der Waals surface area contributed by atoms with Crippen molar-refractivity contribution >= 4 is 8.05 Å². The van der Waals surface area contributed by atoms with Gasteiger partial charge in [-0.15, -0.1) is 0 Å². The quantitative estimate of drug-likeness (QED) is 0.0673. The number of unbranched alkanes of at least 4 members (excludes halogenated alkanes) is 21. The molecule has 0 aliphatic carbocycles. The van der Waals surface area contributed by atoms with E-state index >= 15 is 0 Å². The van der Waals surface area contributed by atoms with Crippen LogP contribution < -0.4 is 0 Å². The highest BCUT2D eigenvalue weighted by Crippen LogP contribution is 2.42. The summed E-state index contributed by atoms with van der Waals surface area (Å²) in [6, 6.07) is 0. The molecule has 0 aliphatic heterocycles. The summed E-state index contributed by atoms with van der Waals surface area (Å²) in [7, 11) is 5.14. The molecule has 1 nitrogen and oxygen atoms in total. The Kier molecular flexibility index (Phi) is 29.6. The Bertz CT molecular complexity index is 356. The molecule has 0 rings (SSSR count). The van der Waals surface area contributed by atoms with Crippen molar-refractivity contribution in [2.24, 2.45) is 5.41 Å². The highest BCUT2D eigenvalue weighted by molar-refractivity contribution is 5.97. The van der Waals surface area contributed by atoms with Gasteiger partial charge in [-0.3, -0.25) is 0 Å². The predicted octanol–water partition coefficient (Wildman–Crippen LogP) is 12.4. The van der Waals surface area contributed by atoms with Gasteiger partial charge in [-0.25, -0.2) is 0 Å². The zero-order valence-corrected chi connectivity index (χ0v) is 25.7. The zero-order valence-electron chi connectivity index (χ0n) is 25.7. The molecule has 0 spiro atoms. The van der Waals surface area contributed by atoms with E-state index in [-0.39, 0.29) is 0 Å². The fourth-order valence-electron chi connectivity index (χ4n) is 6.16. The molecule has 0 bridgehead atoms. The fraction of sp³-hybridized carbons (Fsp3) is 1.00. The molecule has 0 saturated carbocycles. The van der Waals surface area contributed by atoms with E-state index in [1.165, 1.54) is 180 Å². The van der Waals surface area contributed by atoms with Gasteiger partial charge in [0.1, 0.15) is 0 Å². The molecule has 0 heterocycles. The highest BCUT2D eigenvalue weighted by Gasteiger charge is 2.28. The van der Waals surface area contributed by atoms with Crippen molar-refractivity contribution in [1.29, 1.82) is 0 Å². The SMILES string of the molecule is [B]OCCCCCCCCCC(CCCCCCCC)(CCCCCCCC)CCCCCCCC. The van der Waals surface area contributed by atoms with Gasteiger partial charge in [-0.1, -0.05) is 175 Å². The monoisotopic (exact) mass is 505 g/mol. The topological polar surface area (TPSA) is 9.23 Å². The van der Waals surface area contributed by atoms with Crippen LogP contribution in [0.25, 0.3) is 0 Å². The normalized spacial score (nSPS) is 12.0. The third-order valence-corrected chi connectivity index (χ3v) is 8.65. The van der Waals surface area contributed by atoms with Gasteiger partial charge >= 0.3 is 0 Å². The highest BCUT2D eigenvalue weighted by atomic mass is 16.4. The van der Waals surface area contributed by atoms with Gasteiger partial charge in [0.05, 0.1) is 0 Å². The molecule has 0 amide bonds. The van der Waals surface area contributed by atoms with Crippen molar-refractivity contribution < 1.29 is 4.65 Å².